The number of anilines is 1. The molecule has 0 radical (unpaired) electrons. The molecule has 3 rings (SSSR count). The lowest BCUT2D eigenvalue weighted by Gasteiger charge is -2.34. The zero-order valence-corrected chi connectivity index (χ0v) is 21.0. The lowest BCUT2D eigenvalue weighted by atomic mass is 10.1. The van der Waals surface area contributed by atoms with E-state index in [-0.39, 0.29) is 12.1 Å². The van der Waals surface area contributed by atoms with Crippen molar-refractivity contribution < 1.29 is 14.3 Å². The average molecular weight is 498 g/mol. The molecule has 1 saturated heterocycles. The molecule has 1 aliphatic rings. The monoisotopic (exact) mass is 496 g/mol. The first-order chi connectivity index (χ1) is 14.3. The van der Waals surface area contributed by atoms with Crippen molar-refractivity contribution in [1.29, 1.82) is 0 Å². The van der Waals surface area contributed by atoms with Crippen LogP contribution in [0.25, 0.3) is 11.0 Å². The Kier molecular flexibility index (Phi) is 7.95. The highest BCUT2D eigenvalue weighted by Crippen LogP contribution is 2.36. The Hall–Kier alpha value is -1.42. The van der Waals surface area contributed by atoms with Gasteiger partial charge >= 0.3 is 6.09 Å². The van der Waals surface area contributed by atoms with Gasteiger partial charge in [0.1, 0.15) is 12.4 Å². The summed E-state index contributed by atoms with van der Waals surface area (Å²) in [5.74, 6) is 0. The molecule has 1 aliphatic heterocycles. The van der Waals surface area contributed by atoms with E-state index in [1.807, 2.05) is 23.8 Å². The van der Waals surface area contributed by atoms with Crippen molar-refractivity contribution >= 4 is 46.8 Å². The number of aromatic nitrogens is 2. The second kappa shape index (κ2) is 10.3. The summed E-state index contributed by atoms with van der Waals surface area (Å²) in [6, 6.07) is 3.17. The minimum absolute atomic E-state index is 0.0380. The SMILES string of the molecule is CCOC(=O)N(c1c(Br)cnc2c1ccn2COCC[Si](C)(C)C)[C@@H]1CCCNC1. The van der Waals surface area contributed by atoms with Crippen molar-refractivity contribution in [2.75, 3.05) is 31.2 Å². The van der Waals surface area contributed by atoms with Crippen LogP contribution < -0.4 is 10.2 Å². The Morgan fingerprint density at radius 3 is 2.90 bits per heavy atom. The standard InChI is InChI=1S/C21H33BrN4O3Si/c1-5-29-21(27)26(16-7-6-9-23-13-16)19-17-8-10-25(20(17)24-14-18(19)22)15-28-11-12-30(2,3)4/h8,10,14,16,23H,5-7,9,11-13,15H2,1-4H3/t16-/m1/s1. The summed E-state index contributed by atoms with van der Waals surface area (Å²) in [4.78, 5) is 19.4. The van der Waals surface area contributed by atoms with Crippen molar-refractivity contribution in [3.8, 4) is 0 Å². The Morgan fingerprint density at radius 2 is 2.23 bits per heavy atom. The van der Waals surface area contributed by atoms with Gasteiger partial charge in [0.2, 0.25) is 0 Å². The largest absolute Gasteiger partial charge is 0.449 e. The van der Waals surface area contributed by atoms with Gasteiger partial charge in [-0.05, 0) is 54.4 Å². The summed E-state index contributed by atoms with van der Waals surface area (Å²) in [6.45, 7) is 12.1. The topological polar surface area (TPSA) is 68.6 Å². The molecule has 7 nitrogen and oxygen atoms in total. The smallest absolute Gasteiger partial charge is 0.414 e. The maximum atomic E-state index is 13.0. The number of pyridine rings is 1. The van der Waals surface area contributed by atoms with Crippen LogP contribution in [0.15, 0.2) is 22.9 Å². The highest BCUT2D eigenvalue weighted by Gasteiger charge is 2.31. The molecule has 9 heteroatoms. The highest BCUT2D eigenvalue weighted by atomic mass is 79.9. The molecular formula is C21H33BrN4O3Si. The summed E-state index contributed by atoms with van der Waals surface area (Å²) < 4.78 is 14.1. The molecule has 1 fully saturated rings. The third kappa shape index (κ3) is 5.63. The molecule has 0 bridgehead atoms. The van der Waals surface area contributed by atoms with Crippen molar-refractivity contribution in [1.82, 2.24) is 14.9 Å². The zero-order chi connectivity index (χ0) is 21.7. The third-order valence-corrected chi connectivity index (χ3v) is 7.57. The Labute approximate surface area is 188 Å². The molecular weight excluding hydrogens is 464 g/mol. The molecule has 2 aromatic heterocycles. The van der Waals surface area contributed by atoms with Gasteiger partial charge in [0.05, 0.1) is 22.8 Å². The maximum absolute atomic E-state index is 13.0. The number of rotatable bonds is 8. The zero-order valence-electron chi connectivity index (χ0n) is 18.4. The predicted molar refractivity (Wildman–Crippen MR) is 127 cm³/mol. The van der Waals surface area contributed by atoms with Crippen molar-refractivity contribution in [3.05, 3.63) is 22.9 Å². The number of carbonyl (C=O) groups is 1. The van der Waals surface area contributed by atoms with Crippen LogP contribution in [0, 0.1) is 0 Å². The first kappa shape index (κ1) is 23.2. The first-order valence-electron chi connectivity index (χ1n) is 10.7. The maximum Gasteiger partial charge on any atom is 0.414 e. The van der Waals surface area contributed by atoms with Gasteiger partial charge in [-0.2, -0.15) is 0 Å². The van der Waals surface area contributed by atoms with Crippen LogP contribution in [0.4, 0.5) is 10.5 Å². The molecule has 2 aromatic rings. The molecule has 166 valence electrons. The lowest BCUT2D eigenvalue weighted by molar-refractivity contribution is 0.0899. The molecule has 0 unspecified atom stereocenters. The number of fused-ring (bicyclic) bond motifs is 1. The van der Waals surface area contributed by atoms with Crippen molar-refractivity contribution in [3.63, 3.8) is 0 Å². The van der Waals surface area contributed by atoms with E-state index in [1.165, 1.54) is 0 Å². The number of halogens is 1. The predicted octanol–water partition coefficient (Wildman–Crippen LogP) is 4.83. The number of piperidine rings is 1. The van der Waals surface area contributed by atoms with Crippen LogP contribution in [0.5, 0.6) is 0 Å². The fourth-order valence-electron chi connectivity index (χ4n) is 3.66. The minimum atomic E-state index is -1.12. The number of hydrogen-bond acceptors (Lipinski definition) is 5. The second-order valence-corrected chi connectivity index (χ2v) is 15.4. The van der Waals surface area contributed by atoms with Crippen LogP contribution in [0.1, 0.15) is 19.8 Å². The van der Waals surface area contributed by atoms with Gasteiger partial charge in [-0.15, -0.1) is 0 Å². The molecule has 1 atom stereocenters. The number of hydrogen-bond donors (Lipinski definition) is 1. The molecule has 1 amide bonds. The summed E-state index contributed by atoms with van der Waals surface area (Å²) in [5.41, 5.74) is 1.62. The van der Waals surface area contributed by atoms with Gasteiger partial charge in [-0.25, -0.2) is 9.78 Å². The Morgan fingerprint density at radius 1 is 1.43 bits per heavy atom. The van der Waals surface area contributed by atoms with Crippen LogP contribution in [0.3, 0.4) is 0 Å². The Bertz CT molecular complexity index is 862. The summed E-state index contributed by atoms with van der Waals surface area (Å²) in [5, 5.41) is 4.31. The first-order valence-corrected chi connectivity index (χ1v) is 15.2. The number of nitrogens with zero attached hydrogens (tertiary/aromatic N) is 3. The van der Waals surface area contributed by atoms with E-state index < -0.39 is 8.07 Å². The second-order valence-electron chi connectivity index (χ2n) is 8.89. The quantitative estimate of drug-likeness (QED) is 0.418. The number of amides is 1. The van der Waals surface area contributed by atoms with E-state index >= 15 is 0 Å². The van der Waals surface area contributed by atoms with Gasteiger partial charge < -0.3 is 19.4 Å². The molecule has 3 heterocycles. The average Bonchev–Trinajstić information content (AvgIpc) is 3.10. The summed E-state index contributed by atoms with van der Waals surface area (Å²) >= 11 is 3.63. The summed E-state index contributed by atoms with van der Waals surface area (Å²) in [6.07, 6.45) is 5.38. The van der Waals surface area contributed by atoms with Gasteiger partial charge in [0.15, 0.2) is 0 Å². The van der Waals surface area contributed by atoms with Crippen LogP contribution in [-0.4, -0.2) is 56.1 Å². The van der Waals surface area contributed by atoms with E-state index in [4.69, 9.17) is 9.47 Å². The van der Waals surface area contributed by atoms with Crippen molar-refractivity contribution in [2.24, 2.45) is 0 Å². The normalized spacial score (nSPS) is 17.3. The fourth-order valence-corrected chi connectivity index (χ4v) is 4.92. The Balaban J connectivity index is 1.90. The van der Waals surface area contributed by atoms with E-state index in [0.717, 1.165) is 59.8 Å². The lowest BCUT2D eigenvalue weighted by Crippen LogP contribution is -2.49. The summed E-state index contributed by atoms with van der Waals surface area (Å²) in [7, 11) is -1.12. The molecule has 30 heavy (non-hydrogen) atoms. The molecule has 0 aromatic carbocycles. The van der Waals surface area contributed by atoms with Crippen LogP contribution in [0.2, 0.25) is 25.7 Å². The molecule has 1 N–H and O–H groups in total. The fraction of sp³-hybridized carbons (Fsp3) is 0.619. The minimum Gasteiger partial charge on any atom is -0.449 e. The van der Waals surface area contributed by atoms with E-state index in [1.54, 1.807) is 11.1 Å². The highest BCUT2D eigenvalue weighted by molar-refractivity contribution is 9.10. The van der Waals surface area contributed by atoms with Crippen LogP contribution >= 0.6 is 15.9 Å². The number of ether oxygens (including phenoxy) is 2. The van der Waals surface area contributed by atoms with E-state index in [0.29, 0.717) is 13.3 Å². The van der Waals surface area contributed by atoms with Gasteiger partial charge in [0, 0.05) is 39.0 Å². The third-order valence-electron chi connectivity index (χ3n) is 5.28. The number of nitrogens with one attached hydrogen (secondary N) is 1. The molecule has 0 spiro atoms. The van der Waals surface area contributed by atoms with Gasteiger partial charge in [0.25, 0.3) is 0 Å². The molecule has 0 saturated carbocycles. The van der Waals surface area contributed by atoms with Gasteiger partial charge in [-0.3, -0.25) is 4.90 Å². The number of carbonyl (C=O) groups excluding carboxylic acids is 1. The van der Waals surface area contributed by atoms with Gasteiger partial charge in [-0.1, -0.05) is 19.6 Å². The van der Waals surface area contributed by atoms with Crippen LogP contribution in [-0.2, 0) is 16.2 Å². The molecule has 0 aliphatic carbocycles. The van der Waals surface area contributed by atoms with Crippen molar-refractivity contribution in [2.45, 2.75) is 58.2 Å². The van der Waals surface area contributed by atoms with E-state index in [9.17, 15) is 4.79 Å². The van der Waals surface area contributed by atoms with E-state index in [2.05, 4.69) is 45.9 Å².